The van der Waals surface area contributed by atoms with Crippen LogP contribution in [0.5, 0.6) is 0 Å². The number of rotatable bonds is 4. The van der Waals surface area contributed by atoms with Gasteiger partial charge in [0, 0.05) is 24.0 Å². The Morgan fingerprint density at radius 2 is 1.97 bits per heavy atom. The van der Waals surface area contributed by atoms with Crippen LogP contribution in [0.4, 0.5) is 5.69 Å². The van der Waals surface area contributed by atoms with Crippen LogP contribution in [0.15, 0.2) is 24.3 Å². The predicted molar refractivity (Wildman–Crippen MR) is 133 cm³/mol. The number of anilines is 1. The largest absolute Gasteiger partial charge is 0.477 e. The Balaban J connectivity index is 2.21. The molecule has 10 heteroatoms. The number of carbonyl (C=O) groups is 3. The minimum absolute atomic E-state index is 0.0592. The SMILES string of the molecule is CN1CCOCC(N(C(=O)c2ccc(Cl)cc2Cl)c2cc(C#CC(C)(C)C)sc2C(=O)O)C1=O. The van der Waals surface area contributed by atoms with E-state index >= 15 is 0 Å². The van der Waals surface area contributed by atoms with Gasteiger partial charge in [-0.05, 0) is 45.0 Å². The van der Waals surface area contributed by atoms with Crippen LogP contribution in [0.25, 0.3) is 0 Å². The lowest BCUT2D eigenvalue weighted by molar-refractivity contribution is -0.130. The second-order valence-electron chi connectivity index (χ2n) is 8.78. The summed E-state index contributed by atoms with van der Waals surface area (Å²) in [4.78, 5) is 42.1. The topological polar surface area (TPSA) is 87.2 Å². The van der Waals surface area contributed by atoms with Gasteiger partial charge in [0.1, 0.15) is 10.9 Å². The van der Waals surface area contributed by atoms with Crippen molar-refractivity contribution in [3.8, 4) is 11.8 Å². The highest BCUT2D eigenvalue weighted by Gasteiger charge is 2.38. The maximum Gasteiger partial charge on any atom is 0.348 e. The molecule has 1 unspecified atom stereocenters. The molecule has 0 saturated carbocycles. The fraction of sp³-hybridized carbons (Fsp3) is 0.375. The molecular weight excluding hydrogens is 499 g/mol. The highest BCUT2D eigenvalue weighted by molar-refractivity contribution is 7.15. The van der Waals surface area contributed by atoms with Crippen molar-refractivity contribution in [2.24, 2.45) is 5.41 Å². The molecule has 0 spiro atoms. The first-order chi connectivity index (χ1) is 15.9. The van der Waals surface area contributed by atoms with E-state index in [1.165, 1.54) is 29.2 Å². The molecule has 1 fully saturated rings. The standard InChI is InChI=1S/C24H24Cl2N2O5S/c1-24(2,3)8-7-15-12-18(20(34-15)23(31)32)28(19-13-33-10-9-27(4)22(19)30)21(29)16-6-5-14(25)11-17(16)26/h5-6,11-12,19H,9-10,13H2,1-4H3,(H,31,32). The number of ether oxygens (including phenoxy) is 1. The zero-order valence-electron chi connectivity index (χ0n) is 19.1. The average Bonchev–Trinajstić information content (AvgIpc) is 3.09. The van der Waals surface area contributed by atoms with E-state index < -0.39 is 17.9 Å². The molecule has 1 saturated heterocycles. The molecule has 1 aromatic carbocycles. The monoisotopic (exact) mass is 522 g/mol. The van der Waals surface area contributed by atoms with Gasteiger partial charge in [0.15, 0.2) is 0 Å². The maximum absolute atomic E-state index is 13.8. The summed E-state index contributed by atoms with van der Waals surface area (Å²) in [6, 6.07) is 4.79. The van der Waals surface area contributed by atoms with E-state index in [4.69, 9.17) is 27.9 Å². The number of carboxylic acid groups (broad SMARTS) is 1. The third kappa shape index (κ3) is 5.91. The fourth-order valence-corrected chi connectivity index (χ4v) is 4.58. The van der Waals surface area contributed by atoms with Gasteiger partial charge in [-0.2, -0.15) is 0 Å². The fourth-order valence-electron chi connectivity index (χ4n) is 3.25. The van der Waals surface area contributed by atoms with Crippen molar-refractivity contribution in [2.45, 2.75) is 26.8 Å². The van der Waals surface area contributed by atoms with Crippen molar-refractivity contribution in [3.05, 3.63) is 49.6 Å². The average molecular weight is 523 g/mol. The van der Waals surface area contributed by atoms with Crippen molar-refractivity contribution >= 4 is 58.0 Å². The Hall–Kier alpha value is -2.57. The van der Waals surface area contributed by atoms with Crippen molar-refractivity contribution in [1.82, 2.24) is 4.90 Å². The van der Waals surface area contributed by atoms with Gasteiger partial charge in [0.05, 0.1) is 34.4 Å². The molecule has 1 aliphatic rings. The van der Waals surface area contributed by atoms with Gasteiger partial charge in [-0.15, -0.1) is 11.3 Å². The van der Waals surface area contributed by atoms with Gasteiger partial charge in [-0.25, -0.2) is 4.79 Å². The Morgan fingerprint density at radius 3 is 2.59 bits per heavy atom. The van der Waals surface area contributed by atoms with Crippen LogP contribution in [0, 0.1) is 17.3 Å². The normalized spacial score (nSPS) is 16.5. The zero-order valence-corrected chi connectivity index (χ0v) is 21.5. The van der Waals surface area contributed by atoms with E-state index in [9.17, 15) is 19.5 Å². The molecule has 3 rings (SSSR count). The van der Waals surface area contributed by atoms with Gasteiger partial charge in [0.25, 0.3) is 5.91 Å². The molecule has 0 bridgehead atoms. The molecule has 2 aromatic rings. The van der Waals surface area contributed by atoms with E-state index in [2.05, 4.69) is 11.8 Å². The third-order valence-electron chi connectivity index (χ3n) is 4.93. The van der Waals surface area contributed by atoms with Gasteiger partial charge >= 0.3 is 5.97 Å². The number of benzene rings is 1. The van der Waals surface area contributed by atoms with Crippen LogP contribution in [-0.4, -0.2) is 60.6 Å². The summed E-state index contributed by atoms with van der Waals surface area (Å²) < 4.78 is 5.60. The number of nitrogens with zero attached hydrogens (tertiary/aromatic N) is 2. The van der Waals surface area contributed by atoms with Crippen LogP contribution in [0.3, 0.4) is 0 Å². The number of aromatic carboxylic acids is 1. The van der Waals surface area contributed by atoms with E-state index in [0.29, 0.717) is 23.1 Å². The maximum atomic E-state index is 13.8. The molecule has 2 heterocycles. The summed E-state index contributed by atoms with van der Waals surface area (Å²) in [5.41, 5.74) is -0.173. The van der Waals surface area contributed by atoms with Crippen molar-refractivity contribution in [2.75, 3.05) is 31.7 Å². The number of carbonyl (C=O) groups excluding carboxylic acids is 2. The molecule has 1 aromatic heterocycles. The third-order valence-corrected chi connectivity index (χ3v) is 6.50. The summed E-state index contributed by atoms with van der Waals surface area (Å²) in [6.07, 6.45) is 0. The Morgan fingerprint density at radius 1 is 1.26 bits per heavy atom. The Bertz CT molecular complexity index is 1190. The molecule has 0 aliphatic carbocycles. The molecule has 1 aliphatic heterocycles. The van der Waals surface area contributed by atoms with Crippen molar-refractivity contribution < 1.29 is 24.2 Å². The smallest absolute Gasteiger partial charge is 0.348 e. The Kier molecular flexibility index (Phi) is 7.94. The van der Waals surface area contributed by atoms with Gasteiger partial charge in [-0.3, -0.25) is 14.5 Å². The summed E-state index contributed by atoms with van der Waals surface area (Å²) in [5, 5.41) is 10.3. The number of thiophene rings is 1. The summed E-state index contributed by atoms with van der Waals surface area (Å²) >= 11 is 13.2. The number of hydrogen-bond donors (Lipinski definition) is 1. The lowest BCUT2D eigenvalue weighted by atomic mass is 9.98. The molecule has 7 nitrogen and oxygen atoms in total. The molecule has 2 amide bonds. The first-order valence-electron chi connectivity index (χ1n) is 10.4. The molecular formula is C24H24Cl2N2O5S. The summed E-state index contributed by atoms with van der Waals surface area (Å²) in [5.74, 6) is 3.80. The van der Waals surface area contributed by atoms with Gasteiger partial charge < -0.3 is 14.7 Å². The van der Waals surface area contributed by atoms with Crippen molar-refractivity contribution in [1.29, 1.82) is 0 Å². The number of halogens is 2. The van der Waals surface area contributed by atoms with Crippen LogP contribution in [-0.2, 0) is 9.53 Å². The predicted octanol–water partition coefficient (Wildman–Crippen LogP) is 4.65. The van der Waals surface area contributed by atoms with Crippen LogP contribution < -0.4 is 4.90 Å². The quantitative estimate of drug-likeness (QED) is 0.590. The highest BCUT2D eigenvalue weighted by atomic mass is 35.5. The van der Waals surface area contributed by atoms with E-state index in [1.807, 2.05) is 20.8 Å². The number of hydrogen-bond acceptors (Lipinski definition) is 5. The number of amides is 2. The van der Waals surface area contributed by atoms with E-state index in [1.54, 1.807) is 7.05 Å². The number of likely N-dealkylation sites (N-methyl/N-ethyl adjacent to an activating group) is 1. The Labute approximate surface area is 212 Å². The van der Waals surface area contributed by atoms with E-state index in [-0.39, 0.29) is 39.1 Å². The molecule has 180 valence electrons. The molecule has 1 atom stereocenters. The molecule has 0 radical (unpaired) electrons. The van der Waals surface area contributed by atoms with Crippen LogP contribution in [0.1, 0.15) is 45.7 Å². The second-order valence-corrected chi connectivity index (χ2v) is 10.7. The lowest BCUT2D eigenvalue weighted by Gasteiger charge is -2.31. The second kappa shape index (κ2) is 10.4. The van der Waals surface area contributed by atoms with Gasteiger partial charge in [0.2, 0.25) is 5.91 Å². The molecule has 1 N–H and O–H groups in total. The van der Waals surface area contributed by atoms with Crippen LogP contribution >= 0.6 is 34.5 Å². The van der Waals surface area contributed by atoms with Gasteiger partial charge in [-0.1, -0.05) is 35.0 Å². The first-order valence-corrected chi connectivity index (χ1v) is 12.0. The lowest BCUT2D eigenvalue weighted by Crippen LogP contribution is -2.51. The minimum Gasteiger partial charge on any atom is -0.477 e. The minimum atomic E-state index is -1.24. The highest BCUT2D eigenvalue weighted by Crippen LogP contribution is 2.35. The number of carboxylic acids is 1. The molecule has 34 heavy (non-hydrogen) atoms. The first kappa shape index (κ1) is 26.0. The summed E-state index contributed by atoms with van der Waals surface area (Å²) in [7, 11) is 1.61. The van der Waals surface area contributed by atoms with Crippen LogP contribution in [0.2, 0.25) is 10.0 Å². The summed E-state index contributed by atoms with van der Waals surface area (Å²) in [6.45, 7) is 6.34. The van der Waals surface area contributed by atoms with E-state index in [0.717, 1.165) is 16.2 Å². The van der Waals surface area contributed by atoms with Crippen molar-refractivity contribution in [3.63, 3.8) is 0 Å². The zero-order chi connectivity index (χ0) is 25.2.